The minimum absolute atomic E-state index is 0.136. The Labute approximate surface area is 153 Å². The van der Waals surface area contributed by atoms with Crippen molar-refractivity contribution in [1.29, 1.82) is 0 Å². The maximum absolute atomic E-state index is 13.0. The van der Waals surface area contributed by atoms with Gasteiger partial charge in [-0.15, -0.1) is 0 Å². The first-order chi connectivity index (χ1) is 12.5. The number of carbonyl (C=O) groups excluding carboxylic acids is 2. The minimum atomic E-state index is -0.649. The molecule has 0 radical (unpaired) electrons. The van der Waals surface area contributed by atoms with E-state index in [0.29, 0.717) is 13.2 Å². The van der Waals surface area contributed by atoms with E-state index in [1.807, 2.05) is 49.4 Å². The first-order valence-corrected chi connectivity index (χ1v) is 8.52. The molecule has 0 aromatic heterocycles. The Morgan fingerprint density at radius 2 is 2.04 bits per heavy atom. The van der Waals surface area contributed by atoms with Crippen LogP contribution >= 0.6 is 0 Å². The number of anilines is 1. The lowest BCUT2D eigenvalue weighted by atomic mass is 10.0. The molecule has 1 atom stereocenters. The smallest absolute Gasteiger partial charge is 0.254 e. The van der Waals surface area contributed by atoms with Crippen LogP contribution in [-0.2, 0) is 16.1 Å². The number of fused-ring (bicyclic) bond motifs is 1. The van der Waals surface area contributed by atoms with Gasteiger partial charge in [-0.2, -0.15) is 0 Å². The second kappa shape index (κ2) is 7.44. The van der Waals surface area contributed by atoms with Gasteiger partial charge in [0.05, 0.1) is 12.2 Å². The molecule has 2 aromatic rings. The van der Waals surface area contributed by atoms with Crippen LogP contribution in [0.25, 0.3) is 0 Å². The highest BCUT2D eigenvalue weighted by Gasteiger charge is 2.38. The van der Waals surface area contributed by atoms with Gasteiger partial charge in [0.25, 0.3) is 5.91 Å². The summed E-state index contributed by atoms with van der Waals surface area (Å²) in [5.74, 6) is 0.355. The Morgan fingerprint density at radius 3 is 2.77 bits per heavy atom. The molecule has 0 aliphatic carbocycles. The summed E-state index contributed by atoms with van der Waals surface area (Å²) >= 11 is 0. The molecule has 1 aliphatic rings. The molecular formula is C21H22N2O3. The molecule has 2 aromatic carbocycles. The van der Waals surface area contributed by atoms with Crippen molar-refractivity contribution < 1.29 is 14.3 Å². The van der Waals surface area contributed by atoms with Gasteiger partial charge in [0.2, 0.25) is 5.91 Å². The van der Waals surface area contributed by atoms with E-state index >= 15 is 0 Å². The highest BCUT2D eigenvalue weighted by molar-refractivity contribution is 6.06. The van der Waals surface area contributed by atoms with Crippen molar-refractivity contribution in [2.45, 2.75) is 26.4 Å². The fourth-order valence-electron chi connectivity index (χ4n) is 3.28. The average molecular weight is 350 g/mol. The molecule has 1 N–H and O–H groups in total. The molecular weight excluding hydrogens is 328 g/mol. The fourth-order valence-corrected chi connectivity index (χ4v) is 3.28. The standard InChI is InChI=1S/C21H22N2O3/c1-4-12-26-18-11-6-5-9-16(18)13-23-20-14(2)8-7-10-17(20)19(21(23)25)22-15(3)24/h4-11,19H,1,12-13H2,2-3H3,(H,22,24)/t19-/m1/s1. The molecule has 5 nitrogen and oxygen atoms in total. The van der Waals surface area contributed by atoms with E-state index in [1.165, 1.54) is 6.92 Å². The number of hydrogen-bond acceptors (Lipinski definition) is 3. The van der Waals surface area contributed by atoms with Gasteiger partial charge < -0.3 is 15.0 Å². The predicted molar refractivity (Wildman–Crippen MR) is 101 cm³/mol. The van der Waals surface area contributed by atoms with Crippen LogP contribution in [0.4, 0.5) is 5.69 Å². The van der Waals surface area contributed by atoms with Crippen LogP contribution in [0.15, 0.2) is 55.1 Å². The zero-order chi connectivity index (χ0) is 18.7. The van der Waals surface area contributed by atoms with Gasteiger partial charge >= 0.3 is 0 Å². The molecule has 0 fully saturated rings. The van der Waals surface area contributed by atoms with E-state index in [1.54, 1.807) is 11.0 Å². The molecule has 1 aliphatic heterocycles. The fraction of sp³-hybridized carbons (Fsp3) is 0.238. The van der Waals surface area contributed by atoms with Crippen molar-refractivity contribution in [3.8, 4) is 5.75 Å². The van der Waals surface area contributed by atoms with E-state index in [4.69, 9.17) is 4.74 Å². The zero-order valence-corrected chi connectivity index (χ0v) is 15.0. The van der Waals surface area contributed by atoms with Crippen LogP contribution < -0.4 is 15.0 Å². The van der Waals surface area contributed by atoms with E-state index in [0.717, 1.165) is 28.1 Å². The maximum Gasteiger partial charge on any atom is 0.254 e. The Kier molecular flexibility index (Phi) is 5.07. The summed E-state index contributed by atoms with van der Waals surface area (Å²) in [5, 5.41) is 2.76. The van der Waals surface area contributed by atoms with Gasteiger partial charge in [0.1, 0.15) is 18.4 Å². The van der Waals surface area contributed by atoms with Crippen LogP contribution in [0.1, 0.15) is 29.7 Å². The van der Waals surface area contributed by atoms with E-state index in [-0.39, 0.29) is 11.8 Å². The molecule has 0 unspecified atom stereocenters. The molecule has 5 heteroatoms. The summed E-state index contributed by atoms with van der Waals surface area (Å²) in [4.78, 5) is 26.3. The molecule has 0 spiro atoms. The van der Waals surface area contributed by atoms with Gasteiger partial charge in [-0.05, 0) is 18.6 Å². The quantitative estimate of drug-likeness (QED) is 0.814. The van der Waals surface area contributed by atoms with Gasteiger partial charge in [0, 0.05) is 18.1 Å². The van der Waals surface area contributed by atoms with Gasteiger partial charge in [-0.25, -0.2) is 0 Å². The Hall–Kier alpha value is -3.08. The summed E-state index contributed by atoms with van der Waals surface area (Å²) in [5.41, 5.74) is 3.58. The van der Waals surface area contributed by atoms with E-state index in [2.05, 4.69) is 11.9 Å². The molecule has 0 saturated heterocycles. The van der Waals surface area contributed by atoms with Gasteiger partial charge in [-0.3, -0.25) is 9.59 Å². The number of hydrogen-bond donors (Lipinski definition) is 1. The summed E-state index contributed by atoms with van der Waals surface area (Å²) < 4.78 is 5.72. The van der Waals surface area contributed by atoms with Crippen molar-refractivity contribution in [3.63, 3.8) is 0 Å². The number of nitrogens with zero attached hydrogens (tertiary/aromatic N) is 1. The summed E-state index contributed by atoms with van der Waals surface area (Å²) in [6, 6.07) is 12.7. The van der Waals surface area contributed by atoms with Crippen LogP contribution in [-0.4, -0.2) is 18.4 Å². The third-order valence-electron chi connectivity index (χ3n) is 4.37. The second-order valence-corrected chi connectivity index (χ2v) is 6.28. The normalized spacial score (nSPS) is 15.5. The van der Waals surface area contributed by atoms with Crippen molar-refractivity contribution in [1.82, 2.24) is 5.32 Å². The van der Waals surface area contributed by atoms with Crippen molar-refractivity contribution in [3.05, 3.63) is 71.8 Å². The number of amides is 2. The van der Waals surface area contributed by atoms with Crippen molar-refractivity contribution in [2.24, 2.45) is 0 Å². The summed E-state index contributed by atoms with van der Waals surface area (Å²) in [6.45, 7) is 7.83. The predicted octanol–water partition coefficient (Wildman–Crippen LogP) is 3.28. The van der Waals surface area contributed by atoms with Gasteiger partial charge in [-0.1, -0.05) is 49.1 Å². The molecule has 2 amide bonds. The first kappa shape index (κ1) is 17.7. The first-order valence-electron chi connectivity index (χ1n) is 8.52. The molecule has 26 heavy (non-hydrogen) atoms. The van der Waals surface area contributed by atoms with E-state index < -0.39 is 6.04 Å². The lowest BCUT2D eigenvalue weighted by Crippen LogP contribution is -2.36. The van der Waals surface area contributed by atoms with Crippen LogP contribution in [0.5, 0.6) is 5.75 Å². The summed E-state index contributed by atoms with van der Waals surface area (Å²) in [6.07, 6.45) is 1.68. The van der Waals surface area contributed by atoms with Crippen molar-refractivity contribution >= 4 is 17.5 Å². The number of benzene rings is 2. The van der Waals surface area contributed by atoms with Crippen LogP contribution in [0, 0.1) is 6.92 Å². The molecule has 134 valence electrons. The lowest BCUT2D eigenvalue weighted by molar-refractivity contribution is -0.126. The molecule has 0 bridgehead atoms. The SMILES string of the molecule is C=CCOc1ccccc1CN1C(=O)[C@H](NC(C)=O)c2cccc(C)c21. The second-order valence-electron chi connectivity index (χ2n) is 6.28. The largest absolute Gasteiger partial charge is 0.489 e. The highest BCUT2D eigenvalue weighted by Crippen LogP contribution is 2.40. The van der Waals surface area contributed by atoms with Crippen LogP contribution in [0.2, 0.25) is 0 Å². The maximum atomic E-state index is 13.0. The number of carbonyl (C=O) groups is 2. The topological polar surface area (TPSA) is 58.6 Å². The highest BCUT2D eigenvalue weighted by atomic mass is 16.5. The van der Waals surface area contributed by atoms with Crippen LogP contribution in [0.3, 0.4) is 0 Å². The third kappa shape index (κ3) is 3.33. The lowest BCUT2D eigenvalue weighted by Gasteiger charge is -2.21. The molecule has 0 saturated carbocycles. The minimum Gasteiger partial charge on any atom is -0.489 e. The Balaban J connectivity index is 1.98. The Morgan fingerprint density at radius 1 is 1.27 bits per heavy atom. The average Bonchev–Trinajstić information content (AvgIpc) is 2.87. The number of rotatable bonds is 6. The number of ether oxygens (including phenoxy) is 1. The third-order valence-corrected chi connectivity index (χ3v) is 4.37. The number of nitrogens with one attached hydrogen (secondary N) is 1. The zero-order valence-electron chi connectivity index (χ0n) is 15.0. The van der Waals surface area contributed by atoms with Gasteiger partial charge in [0.15, 0.2) is 0 Å². The monoisotopic (exact) mass is 350 g/mol. The van der Waals surface area contributed by atoms with Crippen molar-refractivity contribution in [2.75, 3.05) is 11.5 Å². The molecule has 3 rings (SSSR count). The molecule has 1 heterocycles. The summed E-state index contributed by atoms with van der Waals surface area (Å²) in [7, 11) is 0. The number of aryl methyl sites for hydroxylation is 1. The van der Waals surface area contributed by atoms with E-state index in [9.17, 15) is 9.59 Å². The number of para-hydroxylation sites is 2. The Bertz CT molecular complexity index is 860.